The standard InChI is InChI=1S/C28H32FNO5S/c1-5-7-20-22(11-9-19-18(15-28(2,3)4)16-35-24(19)20)33-12-6-13-34-23-10-8-17(14-21(23)29)25-26(31)30-27(32)36-25/h8-11,14,16,25H,5-7,12-13,15H2,1-4H3,(H,30,31,32). The Hall–Kier alpha value is -3.00. The number of aryl methyl sites for hydroxylation is 1. The van der Waals surface area contributed by atoms with Crippen LogP contribution in [-0.2, 0) is 17.6 Å². The molecule has 1 aliphatic heterocycles. The number of nitrogens with one attached hydrogen (secondary N) is 1. The highest BCUT2D eigenvalue weighted by Gasteiger charge is 2.33. The summed E-state index contributed by atoms with van der Waals surface area (Å²) in [6.45, 7) is 9.47. The van der Waals surface area contributed by atoms with Crippen LogP contribution in [0.2, 0.25) is 0 Å². The van der Waals surface area contributed by atoms with Crippen molar-refractivity contribution in [2.24, 2.45) is 5.41 Å². The SMILES string of the molecule is CCCc1c(OCCCOc2ccc(C3SC(=O)NC3=O)cc2F)ccc2c(CC(C)(C)C)coc12. The number of hydrogen-bond acceptors (Lipinski definition) is 6. The Bertz CT molecular complexity index is 1260. The number of hydrogen-bond donors (Lipinski definition) is 1. The van der Waals surface area contributed by atoms with Gasteiger partial charge >= 0.3 is 0 Å². The van der Waals surface area contributed by atoms with Gasteiger partial charge in [-0.05, 0) is 65.4 Å². The van der Waals surface area contributed by atoms with E-state index in [2.05, 4.69) is 39.1 Å². The Morgan fingerprint density at radius 3 is 2.44 bits per heavy atom. The summed E-state index contributed by atoms with van der Waals surface area (Å²) in [5.41, 5.74) is 3.77. The topological polar surface area (TPSA) is 77.8 Å². The van der Waals surface area contributed by atoms with Gasteiger partial charge < -0.3 is 13.9 Å². The van der Waals surface area contributed by atoms with Crippen molar-refractivity contribution in [3.63, 3.8) is 0 Å². The van der Waals surface area contributed by atoms with E-state index in [-0.39, 0.29) is 17.8 Å². The molecule has 1 saturated heterocycles. The lowest BCUT2D eigenvalue weighted by Gasteiger charge is -2.17. The first-order valence-corrected chi connectivity index (χ1v) is 13.1. The Kier molecular flexibility index (Phi) is 7.93. The Balaban J connectivity index is 1.34. The average Bonchev–Trinajstić information content (AvgIpc) is 3.36. The third-order valence-corrected chi connectivity index (χ3v) is 6.89. The summed E-state index contributed by atoms with van der Waals surface area (Å²) in [6, 6.07) is 8.41. The zero-order valence-corrected chi connectivity index (χ0v) is 21.9. The first-order chi connectivity index (χ1) is 17.2. The molecular formula is C28H32FNO5S. The third-order valence-electron chi connectivity index (χ3n) is 5.85. The number of thioether (sulfide) groups is 1. The van der Waals surface area contributed by atoms with E-state index in [9.17, 15) is 14.0 Å². The minimum atomic E-state index is -0.734. The van der Waals surface area contributed by atoms with Gasteiger partial charge in [0.25, 0.3) is 5.24 Å². The lowest BCUT2D eigenvalue weighted by atomic mass is 9.88. The van der Waals surface area contributed by atoms with Gasteiger partial charge in [-0.15, -0.1) is 0 Å². The number of furan rings is 1. The van der Waals surface area contributed by atoms with Gasteiger partial charge in [0.15, 0.2) is 11.6 Å². The van der Waals surface area contributed by atoms with Gasteiger partial charge in [0.2, 0.25) is 5.91 Å². The van der Waals surface area contributed by atoms with Crippen LogP contribution >= 0.6 is 11.8 Å². The molecule has 1 unspecified atom stereocenters. The van der Waals surface area contributed by atoms with Crippen LogP contribution < -0.4 is 14.8 Å². The first kappa shape index (κ1) is 26.1. The van der Waals surface area contributed by atoms with Crippen LogP contribution in [0.3, 0.4) is 0 Å². The van der Waals surface area contributed by atoms with E-state index >= 15 is 0 Å². The van der Waals surface area contributed by atoms with Gasteiger partial charge in [0.1, 0.15) is 16.6 Å². The molecule has 8 heteroatoms. The van der Waals surface area contributed by atoms with Crippen molar-refractivity contribution in [2.75, 3.05) is 13.2 Å². The van der Waals surface area contributed by atoms with Crippen molar-refractivity contribution in [3.8, 4) is 11.5 Å². The molecule has 36 heavy (non-hydrogen) atoms. The Morgan fingerprint density at radius 2 is 1.81 bits per heavy atom. The van der Waals surface area contributed by atoms with Crippen LogP contribution in [0.15, 0.2) is 41.0 Å². The number of carbonyl (C=O) groups is 2. The van der Waals surface area contributed by atoms with Crippen LogP contribution in [0.25, 0.3) is 11.0 Å². The number of amides is 2. The van der Waals surface area contributed by atoms with E-state index in [0.29, 0.717) is 18.6 Å². The van der Waals surface area contributed by atoms with E-state index in [4.69, 9.17) is 13.9 Å². The van der Waals surface area contributed by atoms with Gasteiger partial charge in [0, 0.05) is 17.4 Å². The van der Waals surface area contributed by atoms with Crippen molar-refractivity contribution in [3.05, 3.63) is 59.1 Å². The summed E-state index contributed by atoms with van der Waals surface area (Å²) < 4.78 is 32.1. The number of rotatable bonds is 10. The first-order valence-electron chi connectivity index (χ1n) is 12.2. The molecule has 2 amide bonds. The summed E-state index contributed by atoms with van der Waals surface area (Å²) in [5.74, 6) is -0.0986. The number of carbonyl (C=O) groups excluding carboxylic acids is 2. The second-order valence-corrected chi connectivity index (χ2v) is 11.3. The summed E-state index contributed by atoms with van der Waals surface area (Å²) >= 11 is 0.842. The number of fused-ring (bicyclic) bond motifs is 1. The van der Waals surface area contributed by atoms with E-state index in [1.807, 2.05) is 12.3 Å². The molecule has 0 radical (unpaired) electrons. The number of benzene rings is 2. The second kappa shape index (κ2) is 10.9. The van der Waals surface area contributed by atoms with E-state index < -0.39 is 22.2 Å². The number of imide groups is 1. The molecule has 0 aliphatic carbocycles. The summed E-state index contributed by atoms with van der Waals surface area (Å²) in [7, 11) is 0. The lowest BCUT2D eigenvalue weighted by molar-refractivity contribution is -0.119. The van der Waals surface area contributed by atoms with Gasteiger partial charge in [-0.2, -0.15) is 0 Å². The quantitative estimate of drug-likeness (QED) is 0.295. The highest BCUT2D eigenvalue weighted by atomic mass is 32.2. The smallest absolute Gasteiger partial charge is 0.286 e. The molecule has 6 nitrogen and oxygen atoms in total. The molecule has 0 spiro atoms. The molecule has 1 aromatic heterocycles. The van der Waals surface area contributed by atoms with E-state index in [1.165, 1.54) is 17.7 Å². The van der Waals surface area contributed by atoms with Crippen molar-refractivity contribution in [2.45, 2.75) is 58.6 Å². The average molecular weight is 514 g/mol. The highest BCUT2D eigenvalue weighted by molar-refractivity contribution is 8.15. The molecule has 1 atom stereocenters. The van der Waals surface area contributed by atoms with Crippen molar-refractivity contribution in [1.29, 1.82) is 0 Å². The monoisotopic (exact) mass is 513 g/mol. The maximum absolute atomic E-state index is 14.5. The van der Waals surface area contributed by atoms with Gasteiger partial charge in [0.05, 0.1) is 19.5 Å². The Labute approximate surface area is 214 Å². The van der Waals surface area contributed by atoms with Crippen molar-refractivity contribution in [1.82, 2.24) is 5.32 Å². The number of halogens is 1. The summed E-state index contributed by atoms with van der Waals surface area (Å²) in [6.07, 6.45) is 5.19. The minimum absolute atomic E-state index is 0.100. The molecule has 0 bridgehead atoms. The molecule has 4 rings (SSSR count). The highest BCUT2D eigenvalue weighted by Crippen LogP contribution is 2.36. The second-order valence-electron chi connectivity index (χ2n) is 10.2. The summed E-state index contributed by atoms with van der Waals surface area (Å²) in [5, 5.41) is 2.18. The number of ether oxygens (including phenoxy) is 2. The van der Waals surface area contributed by atoms with Crippen LogP contribution in [0.5, 0.6) is 11.5 Å². The molecule has 1 aliphatic rings. The Morgan fingerprint density at radius 1 is 1.08 bits per heavy atom. The zero-order valence-electron chi connectivity index (χ0n) is 21.1. The normalized spacial score (nSPS) is 16.0. The largest absolute Gasteiger partial charge is 0.493 e. The molecule has 192 valence electrons. The van der Waals surface area contributed by atoms with Crippen LogP contribution in [0.1, 0.15) is 62.5 Å². The maximum Gasteiger partial charge on any atom is 0.286 e. The van der Waals surface area contributed by atoms with Crippen molar-refractivity contribution < 1.29 is 27.9 Å². The van der Waals surface area contributed by atoms with E-state index in [0.717, 1.165) is 53.3 Å². The van der Waals surface area contributed by atoms with Crippen LogP contribution in [0.4, 0.5) is 9.18 Å². The molecule has 1 N–H and O–H groups in total. The molecule has 1 fully saturated rings. The minimum Gasteiger partial charge on any atom is -0.493 e. The van der Waals surface area contributed by atoms with Gasteiger partial charge in [-0.1, -0.05) is 40.2 Å². The predicted octanol–water partition coefficient (Wildman–Crippen LogP) is 6.99. The van der Waals surface area contributed by atoms with Crippen LogP contribution in [-0.4, -0.2) is 24.4 Å². The molecule has 3 aromatic rings. The molecular weight excluding hydrogens is 481 g/mol. The van der Waals surface area contributed by atoms with Crippen LogP contribution in [0, 0.1) is 11.2 Å². The fraction of sp³-hybridized carbons (Fsp3) is 0.429. The van der Waals surface area contributed by atoms with Crippen molar-refractivity contribution >= 4 is 33.9 Å². The molecule has 0 saturated carbocycles. The fourth-order valence-corrected chi connectivity index (χ4v) is 5.14. The predicted molar refractivity (Wildman–Crippen MR) is 139 cm³/mol. The molecule has 2 heterocycles. The summed E-state index contributed by atoms with van der Waals surface area (Å²) in [4.78, 5) is 23.2. The fourth-order valence-electron chi connectivity index (χ4n) is 4.32. The van der Waals surface area contributed by atoms with Gasteiger partial charge in [-0.25, -0.2) is 4.39 Å². The molecule has 2 aromatic carbocycles. The lowest BCUT2D eigenvalue weighted by Crippen LogP contribution is -2.20. The third kappa shape index (κ3) is 6.03. The van der Waals surface area contributed by atoms with E-state index in [1.54, 1.807) is 6.07 Å². The zero-order chi connectivity index (χ0) is 25.9. The van der Waals surface area contributed by atoms with Gasteiger partial charge in [-0.3, -0.25) is 14.9 Å². The maximum atomic E-state index is 14.5.